The lowest BCUT2D eigenvalue weighted by Crippen LogP contribution is -2.29. The second-order valence-corrected chi connectivity index (χ2v) is 7.16. The van der Waals surface area contributed by atoms with Gasteiger partial charge in [-0.3, -0.25) is 9.52 Å². The highest BCUT2D eigenvalue weighted by atomic mass is 35.5. The third-order valence-corrected chi connectivity index (χ3v) is 3.78. The first-order valence-electron chi connectivity index (χ1n) is 7.08. The van der Waals surface area contributed by atoms with E-state index in [0.29, 0.717) is 10.8 Å². The zero-order valence-electron chi connectivity index (χ0n) is 13.0. The molecule has 24 heavy (non-hydrogen) atoms. The van der Waals surface area contributed by atoms with Crippen LogP contribution in [0.5, 0.6) is 5.75 Å². The van der Waals surface area contributed by atoms with Crippen LogP contribution in [0, 0.1) is 0 Å². The zero-order valence-corrected chi connectivity index (χ0v) is 14.5. The Morgan fingerprint density at radius 3 is 2.46 bits per heavy atom. The molecule has 6 nitrogen and oxygen atoms in total. The summed E-state index contributed by atoms with van der Waals surface area (Å²) in [6.45, 7) is 0.545. The van der Waals surface area contributed by atoms with Gasteiger partial charge in [-0.05, 0) is 36.4 Å². The van der Waals surface area contributed by atoms with Crippen molar-refractivity contribution in [3.05, 3.63) is 59.1 Å². The van der Waals surface area contributed by atoms with Crippen LogP contribution in [0.25, 0.3) is 0 Å². The smallest absolute Gasteiger partial charge is 0.253 e. The van der Waals surface area contributed by atoms with E-state index in [9.17, 15) is 13.2 Å². The number of hydrogen-bond acceptors (Lipinski definition) is 4. The summed E-state index contributed by atoms with van der Waals surface area (Å²) in [4.78, 5) is 12.2. The molecular weight excluding hydrogens is 352 g/mol. The minimum atomic E-state index is -3.46. The monoisotopic (exact) mass is 368 g/mol. The van der Waals surface area contributed by atoms with Crippen LogP contribution < -0.4 is 14.8 Å². The quantitative estimate of drug-likeness (QED) is 0.735. The van der Waals surface area contributed by atoms with E-state index in [1.54, 1.807) is 42.5 Å². The Morgan fingerprint density at radius 2 is 1.79 bits per heavy atom. The Balaban J connectivity index is 1.90. The van der Waals surface area contributed by atoms with Gasteiger partial charge in [-0.25, -0.2) is 8.42 Å². The average molecular weight is 369 g/mol. The van der Waals surface area contributed by atoms with E-state index in [1.807, 2.05) is 0 Å². The largest absolute Gasteiger partial charge is 0.492 e. The minimum absolute atomic E-state index is 0.233. The van der Waals surface area contributed by atoms with Gasteiger partial charge in [0.2, 0.25) is 10.0 Å². The number of rotatable bonds is 7. The fourth-order valence-electron chi connectivity index (χ4n) is 1.93. The maximum atomic E-state index is 12.2. The van der Waals surface area contributed by atoms with E-state index in [2.05, 4.69) is 10.0 Å². The van der Waals surface area contributed by atoms with Gasteiger partial charge in [0.05, 0.1) is 24.1 Å². The minimum Gasteiger partial charge on any atom is -0.492 e. The molecule has 8 heteroatoms. The molecule has 128 valence electrons. The molecule has 0 radical (unpaired) electrons. The van der Waals surface area contributed by atoms with Crippen LogP contribution in [-0.4, -0.2) is 33.7 Å². The Hall–Kier alpha value is -2.25. The van der Waals surface area contributed by atoms with Gasteiger partial charge in [0, 0.05) is 5.02 Å². The highest BCUT2D eigenvalue weighted by Gasteiger charge is 2.13. The molecule has 0 spiro atoms. The third-order valence-electron chi connectivity index (χ3n) is 2.94. The first kappa shape index (κ1) is 18.1. The van der Waals surface area contributed by atoms with Gasteiger partial charge in [0.15, 0.2) is 0 Å². The molecule has 0 saturated carbocycles. The van der Waals surface area contributed by atoms with Gasteiger partial charge in [0.25, 0.3) is 5.91 Å². The van der Waals surface area contributed by atoms with Crippen LogP contribution in [0.1, 0.15) is 10.4 Å². The van der Waals surface area contributed by atoms with Crippen molar-refractivity contribution in [1.82, 2.24) is 5.32 Å². The molecule has 0 fully saturated rings. The van der Waals surface area contributed by atoms with Crippen LogP contribution in [-0.2, 0) is 10.0 Å². The molecule has 2 aromatic rings. The number of ether oxygens (including phenoxy) is 1. The molecule has 2 rings (SSSR count). The summed E-state index contributed by atoms with van der Waals surface area (Å²) < 4.78 is 30.5. The molecule has 0 unspecified atom stereocenters. The number of halogens is 1. The number of benzene rings is 2. The van der Waals surface area contributed by atoms with Crippen LogP contribution >= 0.6 is 11.6 Å². The molecule has 1 amide bonds. The molecule has 0 saturated heterocycles. The number of carbonyl (C=O) groups is 1. The topological polar surface area (TPSA) is 84.5 Å². The molecule has 0 aliphatic carbocycles. The number of sulfonamides is 1. The molecule has 0 bridgehead atoms. The summed E-state index contributed by atoms with van der Waals surface area (Å²) in [5, 5.41) is 3.30. The van der Waals surface area contributed by atoms with Gasteiger partial charge in [-0.1, -0.05) is 23.7 Å². The number of amides is 1. The average Bonchev–Trinajstić information content (AvgIpc) is 2.52. The van der Waals surface area contributed by atoms with Crippen LogP contribution in [0.4, 0.5) is 5.69 Å². The number of hydrogen-bond donors (Lipinski definition) is 2. The summed E-state index contributed by atoms with van der Waals surface area (Å²) in [6, 6.07) is 13.3. The maximum Gasteiger partial charge on any atom is 0.253 e. The van der Waals surface area contributed by atoms with Crippen molar-refractivity contribution >= 4 is 33.2 Å². The fraction of sp³-hybridized carbons (Fsp3) is 0.188. The van der Waals surface area contributed by atoms with E-state index in [0.717, 1.165) is 6.26 Å². The van der Waals surface area contributed by atoms with Crippen LogP contribution in [0.15, 0.2) is 48.5 Å². The van der Waals surface area contributed by atoms with Crippen LogP contribution in [0.3, 0.4) is 0 Å². The van der Waals surface area contributed by atoms with E-state index < -0.39 is 10.0 Å². The lowest BCUT2D eigenvalue weighted by atomic mass is 10.1. The molecule has 0 atom stereocenters. The molecule has 2 aromatic carbocycles. The zero-order chi connectivity index (χ0) is 17.6. The van der Waals surface area contributed by atoms with Gasteiger partial charge in [-0.15, -0.1) is 0 Å². The standard InChI is InChI=1S/C16H17ClN2O4S/c1-24(21,22)19-15-5-3-2-4-14(15)16(20)18-10-11-23-13-8-6-12(17)7-9-13/h2-9,19H,10-11H2,1H3,(H,18,20). The van der Waals surface area contributed by atoms with Crippen molar-refractivity contribution in [3.63, 3.8) is 0 Å². The Morgan fingerprint density at radius 1 is 1.12 bits per heavy atom. The summed E-state index contributed by atoms with van der Waals surface area (Å²) in [7, 11) is -3.46. The summed E-state index contributed by atoms with van der Waals surface area (Å²) in [6.07, 6.45) is 1.03. The van der Waals surface area contributed by atoms with Gasteiger partial charge >= 0.3 is 0 Å². The summed E-state index contributed by atoms with van der Waals surface area (Å²) in [5.74, 6) is 0.259. The molecule has 2 N–H and O–H groups in total. The van der Waals surface area contributed by atoms with Crippen molar-refractivity contribution in [1.29, 1.82) is 0 Å². The second kappa shape index (κ2) is 8.03. The van der Waals surface area contributed by atoms with Crippen molar-refractivity contribution in [3.8, 4) is 5.75 Å². The number of nitrogens with one attached hydrogen (secondary N) is 2. The molecule has 0 heterocycles. The normalized spacial score (nSPS) is 10.9. The van der Waals surface area contributed by atoms with E-state index in [1.165, 1.54) is 6.07 Å². The highest BCUT2D eigenvalue weighted by molar-refractivity contribution is 7.92. The van der Waals surface area contributed by atoms with E-state index >= 15 is 0 Å². The van der Waals surface area contributed by atoms with Gasteiger partial charge < -0.3 is 10.1 Å². The van der Waals surface area contributed by atoms with E-state index in [4.69, 9.17) is 16.3 Å². The van der Waals surface area contributed by atoms with E-state index in [-0.39, 0.29) is 30.3 Å². The first-order valence-corrected chi connectivity index (χ1v) is 9.35. The summed E-state index contributed by atoms with van der Waals surface area (Å²) in [5.41, 5.74) is 0.477. The lowest BCUT2D eigenvalue weighted by molar-refractivity contribution is 0.0948. The third kappa shape index (κ3) is 5.75. The second-order valence-electron chi connectivity index (χ2n) is 4.98. The Kier molecular flexibility index (Phi) is 6.05. The first-order chi connectivity index (χ1) is 11.3. The van der Waals surface area contributed by atoms with Crippen molar-refractivity contribution in [2.75, 3.05) is 24.1 Å². The van der Waals surface area contributed by atoms with Crippen molar-refractivity contribution < 1.29 is 17.9 Å². The molecule has 0 aliphatic rings. The van der Waals surface area contributed by atoms with Gasteiger partial charge in [0.1, 0.15) is 12.4 Å². The Bertz CT molecular complexity index is 807. The summed E-state index contributed by atoms with van der Waals surface area (Å²) >= 11 is 5.78. The van der Waals surface area contributed by atoms with Gasteiger partial charge in [-0.2, -0.15) is 0 Å². The SMILES string of the molecule is CS(=O)(=O)Nc1ccccc1C(=O)NCCOc1ccc(Cl)cc1. The Labute approximate surface area is 145 Å². The molecule has 0 aliphatic heterocycles. The molecular formula is C16H17ClN2O4S. The molecule has 0 aromatic heterocycles. The van der Waals surface area contributed by atoms with Crippen LogP contribution in [0.2, 0.25) is 5.02 Å². The predicted molar refractivity (Wildman–Crippen MR) is 94.2 cm³/mol. The maximum absolute atomic E-state index is 12.2. The number of para-hydroxylation sites is 1. The highest BCUT2D eigenvalue weighted by Crippen LogP contribution is 2.16. The fourth-order valence-corrected chi connectivity index (χ4v) is 2.63. The van der Waals surface area contributed by atoms with Crippen molar-refractivity contribution in [2.45, 2.75) is 0 Å². The number of carbonyl (C=O) groups excluding carboxylic acids is 1. The lowest BCUT2D eigenvalue weighted by Gasteiger charge is -2.11. The number of anilines is 1. The predicted octanol–water partition coefficient (Wildman–Crippen LogP) is 2.52. The van der Waals surface area contributed by atoms with Crippen molar-refractivity contribution in [2.24, 2.45) is 0 Å².